The first-order valence-electron chi connectivity index (χ1n) is 6.16. The molecule has 2 heterocycles. The van der Waals surface area contributed by atoms with Crippen LogP contribution in [0.4, 0.5) is 0 Å². The third-order valence-corrected chi connectivity index (χ3v) is 3.32. The fraction of sp³-hybridized carbons (Fsp3) is 0.500. The van der Waals surface area contributed by atoms with Crippen molar-refractivity contribution in [1.29, 1.82) is 0 Å². The molecule has 6 nitrogen and oxygen atoms in total. The van der Waals surface area contributed by atoms with Gasteiger partial charge in [0.1, 0.15) is 0 Å². The number of aromatic nitrogens is 5. The zero-order valence-electron chi connectivity index (χ0n) is 10.3. The predicted molar refractivity (Wildman–Crippen MR) is 64.7 cm³/mol. The molecular formula is C12H15N5O. The highest BCUT2D eigenvalue weighted by molar-refractivity contribution is 5.18. The van der Waals surface area contributed by atoms with Crippen molar-refractivity contribution in [2.75, 3.05) is 7.11 Å². The van der Waals surface area contributed by atoms with Gasteiger partial charge in [-0.3, -0.25) is 0 Å². The minimum absolute atomic E-state index is 0.492. The summed E-state index contributed by atoms with van der Waals surface area (Å²) in [7, 11) is 1.58. The van der Waals surface area contributed by atoms with Gasteiger partial charge in [0.15, 0.2) is 0 Å². The lowest BCUT2D eigenvalue weighted by molar-refractivity contribution is 0.395. The Labute approximate surface area is 105 Å². The van der Waals surface area contributed by atoms with Crippen LogP contribution in [0.25, 0.3) is 5.95 Å². The molecular weight excluding hydrogens is 230 g/mol. The van der Waals surface area contributed by atoms with E-state index in [0.29, 0.717) is 17.7 Å². The molecule has 2 aromatic rings. The van der Waals surface area contributed by atoms with Gasteiger partial charge in [-0.15, -0.1) is 5.10 Å². The van der Waals surface area contributed by atoms with Gasteiger partial charge in [-0.1, -0.05) is 18.1 Å². The molecule has 0 aromatic carbocycles. The molecule has 0 radical (unpaired) electrons. The summed E-state index contributed by atoms with van der Waals surface area (Å²) in [4.78, 5) is 8.40. The molecule has 0 atom stereocenters. The Morgan fingerprint density at radius 3 is 2.94 bits per heavy atom. The number of ether oxygens (including phenoxy) is 1. The smallest absolute Gasteiger partial charge is 0.255 e. The van der Waals surface area contributed by atoms with E-state index in [1.54, 1.807) is 24.1 Å². The van der Waals surface area contributed by atoms with Gasteiger partial charge in [-0.2, -0.15) is 9.67 Å². The molecule has 1 saturated carbocycles. The van der Waals surface area contributed by atoms with Gasteiger partial charge >= 0.3 is 0 Å². The minimum atomic E-state index is 0.492. The fourth-order valence-corrected chi connectivity index (χ4v) is 2.34. The van der Waals surface area contributed by atoms with Crippen molar-refractivity contribution in [3.05, 3.63) is 24.2 Å². The van der Waals surface area contributed by atoms with Crippen LogP contribution in [0.1, 0.15) is 37.3 Å². The quantitative estimate of drug-likeness (QED) is 0.823. The summed E-state index contributed by atoms with van der Waals surface area (Å²) >= 11 is 0. The number of hydrogen-bond donors (Lipinski definition) is 0. The van der Waals surface area contributed by atoms with Crippen LogP contribution < -0.4 is 4.74 Å². The highest BCUT2D eigenvalue weighted by Crippen LogP contribution is 2.32. The van der Waals surface area contributed by atoms with Crippen molar-refractivity contribution in [3.8, 4) is 11.8 Å². The topological polar surface area (TPSA) is 65.7 Å². The van der Waals surface area contributed by atoms with Gasteiger partial charge in [0, 0.05) is 18.2 Å². The van der Waals surface area contributed by atoms with Gasteiger partial charge in [0.2, 0.25) is 5.88 Å². The molecule has 0 bridgehead atoms. The number of methoxy groups -OCH3 is 1. The second-order valence-corrected chi connectivity index (χ2v) is 4.47. The van der Waals surface area contributed by atoms with Crippen LogP contribution in [0.5, 0.6) is 5.88 Å². The first kappa shape index (κ1) is 11.1. The molecule has 1 fully saturated rings. The Bertz CT molecular complexity index is 533. The zero-order chi connectivity index (χ0) is 12.4. The molecule has 18 heavy (non-hydrogen) atoms. The van der Waals surface area contributed by atoms with Crippen LogP contribution in [0.2, 0.25) is 0 Å². The van der Waals surface area contributed by atoms with Gasteiger partial charge < -0.3 is 4.74 Å². The molecule has 0 aliphatic heterocycles. The second kappa shape index (κ2) is 4.72. The first-order chi connectivity index (χ1) is 8.86. The Hall–Kier alpha value is -1.98. The molecule has 2 aromatic heterocycles. The molecule has 1 aliphatic rings. The molecule has 0 amide bonds. The van der Waals surface area contributed by atoms with Gasteiger partial charge in [0.25, 0.3) is 5.95 Å². The van der Waals surface area contributed by atoms with E-state index >= 15 is 0 Å². The summed E-state index contributed by atoms with van der Waals surface area (Å²) < 4.78 is 6.68. The molecule has 0 unspecified atom stereocenters. The van der Waals surface area contributed by atoms with Crippen molar-refractivity contribution in [2.24, 2.45) is 0 Å². The Balaban J connectivity index is 1.87. The third-order valence-electron chi connectivity index (χ3n) is 3.32. The van der Waals surface area contributed by atoms with Crippen molar-refractivity contribution >= 4 is 0 Å². The monoisotopic (exact) mass is 245 g/mol. The number of rotatable bonds is 3. The summed E-state index contributed by atoms with van der Waals surface area (Å²) in [5.74, 6) is 1.56. The second-order valence-electron chi connectivity index (χ2n) is 4.47. The van der Waals surface area contributed by atoms with E-state index in [1.165, 1.54) is 25.7 Å². The number of nitrogens with zero attached hydrogens (tertiary/aromatic N) is 5. The van der Waals surface area contributed by atoms with Crippen LogP contribution in [-0.2, 0) is 0 Å². The molecule has 3 rings (SSSR count). The fourth-order valence-electron chi connectivity index (χ4n) is 2.34. The summed E-state index contributed by atoms with van der Waals surface area (Å²) in [5.41, 5.74) is 1.04. The standard InChI is InChI=1S/C12H15N5O/c1-18-11-6-7-13-12(14-11)17-8-10(15-16-17)9-4-2-3-5-9/h6-9H,2-5H2,1H3. The summed E-state index contributed by atoms with van der Waals surface area (Å²) in [5, 5.41) is 8.31. The van der Waals surface area contributed by atoms with E-state index in [-0.39, 0.29) is 0 Å². The molecule has 6 heteroatoms. The maximum atomic E-state index is 5.07. The molecule has 0 spiro atoms. The average Bonchev–Trinajstić information content (AvgIpc) is 3.09. The largest absolute Gasteiger partial charge is 0.481 e. The minimum Gasteiger partial charge on any atom is -0.481 e. The Kier molecular flexibility index (Phi) is 2.92. The van der Waals surface area contributed by atoms with E-state index in [0.717, 1.165) is 5.69 Å². The average molecular weight is 245 g/mol. The predicted octanol–water partition coefficient (Wildman–Crippen LogP) is 1.72. The highest BCUT2D eigenvalue weighted by Gasteiger charge is 2.20. The van der Waals surface area contributed by atoms with Crippen LogP contribution in [-0.4, -0.2) is 32.1 Å². The van der Waals surface area contributed by atoms with Gasteiger partial charge in [0.05, 0.1) is 19.0 Å². The number of hydrogen-bond acceptors (Lipinski definition) is 5. The van der Waals surface area contributed by atoms with Crippen LogP contribution in [0.3, 0.4) is 0 Å². The SMILES string of the molecule is COc1ccnc(-n2cc(C3CCCC3)nn2)n1. The van der Waals surface area contributed by atoms with E-state index in [1.807, 2.05) is 6.20 Å². The molecule has 1 aliphatic carbocycles. The first-order valence-corrected chi connectivity index (χ1v) is 6.16. The Morgan fingerprint density at radius 1 is 1.33 bits per heavy atom. The van der Waals surface area contributed by atoms with Crippen LogP contribution >= 0.6 is 0 Å². The Morgan fingerprint density at radius 2 is 2.17 bits per heavy atom. The van der Waals surface area contributed by atoms with Crippen molar-refractivity contribution in [3.63, 3.8) is 0 Å². The van der Waals surface area contributed by atoms with Crippen molar-refractivity contribution < 1.29 is 4.74 Å². The normalized spacial score (nSPS) is 16.1. The third kappa shape index (κ3) is 2.05. The summed E-state index contributed by atoms with van der Waals surface area (Å²) in [6, 6.07) is 1.71. The molecule has 94 valence electrons. The van der Waals surface area contributed by atoms with E-state index < -0.39 is 0 Å². The van der Waals surface area contributed by atoms with Crippen LogP contribution in [0.15, 0.2) is 18.5 Å². The maximum absolute atomic E-state index is 5.07. The maximum Gasteiger partial charge on any atom is 0.255 e. The van der Waals surface area contributed by atoms with E-state index in [4.69, 9.17) is 4.74 Å². The molecule has 0 saturated heterocycles. The van der Waals surface area contributed by atoms with E-state index in [2.05, 4.69) is 20.3 Å². The lowest BCUT2D eigenvalue weighted by atomic mass is 10.1. The summed E-state index contributed by atoms with van der Waals surface area (Å²) in [6.45, 7) is 0. The summed E-state index contributed by atoms with van der Waals surface area (Å²) in [6.07, 6.45) is 8.55. The van der Waals surface area contributed by atoms with Gasteiger partial charge in [-0.25, -0.2) is 4.98 Å². The van der Waals surface area contributed by atoms with Crippen molar-refractivity contribution in [2.45, 2.75) is 31.6 Å². The van der Waals surface area contributed by atoms with E-state index in [9.17, 15) is 0 Å². The lowest BCUT2D eigenvalue weighted by Crippen LogP contribution is -2.02. The highest BCUT2D eigenvalue weighted by atomic mass is 16.5. The molecule has 0 N–H and O–H groups in total. The van der Waals surface area contributed by atoms with Crippen molar-refractivity contribution in [1.82, 2.24) is 25.0 Å². The van der Waals surface area contributed by atoms with Crippen LogP contribution in [0, 0.1) is 0 Å². The lowest BCUT2D eigenvalue weighted by Gasteiger charge is -2.02. The van der Waals surface area contributed by atoms with Gasteiger partial charge in [-0.05, 0) is 12.8 Å². The zero-order valence-corrected chi connectivity index (χ0v) is 10.3.